The number of hydrogen-bond acceptors (Lipinski definition) is 3. The van der Waals surface area contributed by atoms with Crippen LogP contribution in [0.15, 0.2) is 18.2 Å². The number of benzene rings is 1. The molecule has 1 amide bonds. The summed E-state index contributed by atoms with van der Waals surface area (Å²) in [7, 11) is 1.43. The van der Waals surface area contributed by atoms with Gasteiger partial charge in [-0.05, 0) is 37.5 Å². The number of carbonyl (C=O) groups is 1. The second kappa shape index (κ2) is 6.43. The van der Waals surface area contributed by atoms with Crippen molar-refractivity contribution in [1.82, 2.24) is 4.90 Å². The Morgan fingerprint density at radius 1 is 1.48 bits per heavy atom. The van der Waals surface area contributed by atoms with Crippen LogP contribution in [-0.2, 0) is 11.3 Å². The highest BCUT2D eigenvalue weighted by molar-refractivity contribution is 5.84. The van der Waals surface area contributed by atoms with E-state index in [4.69, 9.17) is 10.5 Å². The lowest BCUT2D eigenvalue weighted by Gasteiger charge is -2.42. The molecule has 21 heavy (non-hydrogen) atoms. The molecule has 0 bridgehead atoms. The van der Waals surface area contributed by atoms with E-state index in [0.29, 0.717) is 19.6 Å². The van der Waals surface area contributed by atoms with Gasteiger partial charge in [0.25, 0.3) is 0 Å². The molecule has 0 heterocycles. The SMILES string of the molecule is CCN(Cc1ccc(OC)c(F)c1)C(=O)C1(CN)CCC1. The van der Waals surface area contributed by atoms with E-state index in [1.54, 1.807) is 17.0 Å². The Balaban J connectivity index is 2.12. The average Bonchev–Trinajstić information content (AvgIpc) is 2.44. The molecule has 1 aromatic carbocycles. The molecule has 2 N–H and O–H groups in total. The molecule has 0 saturated heterocycles. The number of methoxy groups -OCH3 is 1. The fourth-order valence-electron chi connectivity index (χ4n) is 2.80. The summed E-state index contributed by atoms with van der Waals surface area (Å²) in [5, 5.41) is 0. The normalized spacial score (nSPS) is 16.2. The number of ether oxygens (including phenoxy) is 1. The van der Waals surface area contributed by atoms with Gasteiger partial charge >= 0.3 is 0 Å². The van der Waals surface area contributed by atoms with Gasteiger partial charge in [-0.3, -0.25) is 4.79 Å². The molecule has 116 valence electrons. The van der Waals surface area contributed by atoms with E-state index < -0.39 is 5.82 Å². The van der Waals surface area contributed by atoms with Gasteiger partial charge in [0.2, 0.25) is 5.91 Å². The van der Waals surface area contributed by atoms with Crippen molar-refractivity contribution in [2.45, 2.75) is 32.7 Å². The minimum absolute atomic E-state index is 0.0926. The fraction of sp³-hybridized carbons (Fsp3) is 0.562. The molecule has 0 radical (unpaired) electrons. The molecule has 1 aliphatic carbocycles. The van der Waals surface area contributed by atoms with Gasteiger partial charge < -0.3 is 15.4 Å². The topological polar surface area (TPSA) is 55.6 Å². The van der Waals surface area contributed by atoms with Crippen molar-refractivity contribution in [3.8, 4) is 5.75 Å². The molecule has 0 spiro atoms. The fourth-order valence-corrected chi connectivity index (χ4v) is 2.80. The smallest absolute Gasteiger partial charge is 0.230 e. The van der Waals surface area contributed by atoms with E-state index >= 15 is 0 Å². The molecule has 1 aromatic rings. The highest BCUT2D eigenvalue weighted by Gasteiger charge is 2.44. The zero-order valence-corrected chi connectivity index (χ0v) is 12.7. The summed E-state index contributed by atoms with van der Waals surface area (Å²) in [6.45, 7) is 3.31. The monoisotopic (exact) mass is 294 g/mol. The third-order valence-corrected chi connectivity index (χ3v) is 4.41. The zero-order chi connectivity index (χ0) is 15.5. The minimum atomic E-state index is -0.407. The quantitative estimate of drug-likeness (QED) is 0.876. The maximum Gasteiger partial charge on any atom is 0.230 e. The average molecular weight is 294 g/mol. The van der Waals surface area contributed by atoms with Crippen LogP contribution in [0, 0.1) is 11.2 Å². The first-order chi connectivity index (χ1) is 10.1. The molecular weight excluding hydrogens is 271 g/mol. The number of amides is 1. The van der Waals surface area contributed by atoms with Gasteiger partial charge in [0.15, 0.2) is 11.6 Å². The number of carbonyl (C=O) groups excluding carboxylic acids is 1. The third-order valence-electron chi connectivity index (χ3n) is 4.41. The van der Waals surface area contributed by atoms with E-state index in [2.05, 4.69) is 0 Å². The largest absolute Gasteiger partial charge is 0.494 e. The standard InChI is InChI=1S/C16H23FN2O2/c1-3-19(15(20)16(11-18)7-4-8-16)10-12-5-6-14(21-2)13(17)9-12/h5-6,9H,3-4,7-8,10-11,18H2,1-2H3. The van der Waals surface area contributed by atoms with Crippen molar-refractivity contribution in [3.05, 3.63) is 29.6 Å². The van der Waals surface area contributed by atoms with Crippen LogP contribution < -0.4 is 10.5 Å². The summed E-state index contributed by atoms with van der Waals surface area (Å²) in [6.07, 6.45) is 2.77. The summed E-state index contributed by atoms with van der Waals surface area (Å²) in [6, 6.07) is 4.80. The van der Waals surface area contributed by atoms with Crippen LogP contribution in [0.2, 0.25) is 0 Å². The minimum Gasteiger partial charge on any atom is -0.494 e. The van der Waals surface area contributed by atoms with Crippen molar-refractivity contribution in [1.29, 1.82) is 0 Å². The van der Waals surface area contributed by atoms with E-state index in [1.165, 1.54) is 13.2 Å². The highest BCUT2D eigenvalue weighted by atomic mass is 19.1. The zero-order valence-electron chi connectivity index (χ0n) is 12.7. The van der Waals surface area contributed by atoms with Gasteiger partial charge in [0, 0.05) is 19.6 Å². The molecule has 1 aliphatic rings. The number of nitrogens with two attached hydrogens (primary N) is 1. The second-order valence-corrected chi connectivity index (χ2v) is 5.63. The predicted octanol–water partition coefficient (Wildman–Crippen LogP) is 2.31. The van der Waals surface area contributed by atoms with Gasteiger partial charge in [0.05, 0.1) is 12.5 Å². The van der Waals surface area contributed by atoms with Gasteiger partial charge in [-0.25, -0.2) is 4.39 Å². The van der Waals surface area contributed by atoms with Gasteiger partial charge in [-0.1, -0.05) is 12.5 Å². The molecule has 0 aliphatic heterocycles. The Kier molecular flexibility index (Phi) is 4.83. The molecular formula is C16H23FN2O2. The van der Waals surface area contributed by atoms with E-state index in [1.807, 2.05) is 6.92 Å². The lowest BCUT2D eigenvalue weighted by Crippen LogP contribution is -2.51. The van der Waals surface area contributed by atoms with Gasteiger partial charge in [0.1, 0.15) is 0 Å². The molecule has 4 nitrogen and oxygen atoms in total. The van der Waals surface area contributed by atoms with Crippen LogP contribution in [0.1, 0.15) is 31.7 Å². The van der Waals surface area contributed by atoms with Crippen LogP contribution >= 0.6 is 0 Å². The number of halogens is 1. The summed E-state index contributed by atoms with van der Waals surface area (Å²) in [5.41, 5.74) is 6.16. The first-order valence-corrected chi connectivity index (χ1v) is 7.38. The third kappa shape index (κ3) is 3.02. The summed E-state index contributed by atoms with van der Waals surface area (Å²) in [5.74, 6) is -0.101. The van der Waals surface area contributed by atoms with Gasteiger partial charge in [-0.2, -0.15) is 0 Å². The van der Waals surface area contributed by atoms with Crippen LogP contribution in [0.25, 0.3) is 0 Å². The van der Waals surface area contributed by atoms with Gasteiger partial charge in [-0.15, -0.1) is 0 Å². The van der Waals surface area contributed by atoms with E-state index in [9.17, 15) is 9.18 Å². The maximum atomic E-state index is 13.7. The summed E-state index contributed by atoms with van der Waals surface area (Å²) >= 11 is 0. The molecule has 0 unspecified atom stereocenters. The Bertz CT molecular complexity index is 509. The number of rotatable bonds is 6. The van der Waals surface area contributed by atoms with Crippen LogP contribution in [0.4, 0.5) is 4.39 Å². The highest BCUT2D eigenvalue weighted by Crippen LogP contribution is 2.41. The molecule has 0 atom stereocenters. The van der Waals surface area contributed by atoms with Crippen molar-refractivity contribution in [2.75, 3.05) is 20.2 Å². The maximum absolute atomic E-state index is 13.7. The molecule has 1 fully saturated rings. The predicted molar refractivity (Wildman–Crippen MR) is 79.4 cm³/mol. The first kappa shape index (κ1) is 15.8. The van der Waals surface area contributed by atoms with Crippen molar-refractivity contribution in [3.63, 3.8) is 0 Å². The molecule has 1 saturated carbocycles. The lowest BCUT2D eigenvalue weighted by atomic mass is 9.68. The van der Waals surface area contributed by atoms with Crippen molar-refractivity contribution in [2.24, 2.45) is 11.1 Å². The van der Waals surface area contributed by atoms with E-state index in [-0.39, 0.29) is 17.1 Å². The molecule has 5 heteroatoms. The lowest BCUT2D eigenvalue weighted by molar-refractivity contribution is -0.147. The van der Waals surface area contributed by atoms with Crippen LogP contribution in [0.5, 0.6) is 5.75 Å². The van der Waals surface area contributed by atoms with Crippen molar-refractivity contribution < 1.29 is 13.9 Å². The summed E-state index contributed by atoms with van der Waals surface area (Å²) < 4.78 is 18.6. The van der Waals surface area contributed by atoms with Crippen LogP contribution in [0.3, 0.4) is 0 Å². The number of nitrogens with zero attached hydrogens (tertiary/aromatic N) is 1. The van der Waals surface area contributed by atoms with Crippen LogP contribution in [-0.4, -0.2) is 31.0 Å². The summed E-state index contributed by atoms with van der Waals surface area (Å²) in [4.78, 5) is 14.4. The Morgan fingerprint density at radius 2 is 2.19 bits per heavy atom. The number of hydrogen-bond donors (Lipinski definition) is 1. The second-order valence-electron chi connectivity index (χ2n) is 5.63. The molecule has 2 rings (SSSR count). The molecule has 0 aromatic heterocycles. The first-order valence-electron chi connectivity index (χ1n) is 7.38. The van der Waals surface area contributed by atoms with E-state index in [0.717, 1.165) is 24.8 Å². The Hall–Kier alpha value is -1.62. The Labute approximate surface area is 125 Å². The Morgan fingerprint density at radius 3 is 2.62 bits per heavy atom. The van der Waals surface area contributed by atoms with Crippen molar-refractivity contribution >= 4 is 5.91 Å².